The molecule has 2 aliphatic rings. The smallest absolute Gasteiger partial charge is 0.352 e. The summed E-state index contributed by atoms with van der Waals surface area (Å²) in [6.45, 7) is 2.51. The molecule has 4 rings (SSSR count). The normalized spacial score (nSPS) is 18.7. The topological polar surface area (TPSA) is 231 Å². The van der Waals surface area contributed by atoms with E-state index in [1.54, 1.807) is 29.1 Å². The minimum absolute atomic E-state index is 0.0163. The maximum atomic E-state index is 13.2. The molecule has 15 nitrogen and oxygen atoms in total. The van der Waals surface area contributed by atoms with Crippen LogP contribution in [0.25, 0.3) is 0 Å². The molecule has 18 heteroatoms. The van der Waals surface area contributed by atoms with Crippen molar-refractivity contribution in [3.05, 3.63) is 46.9 Å². The van der Waals surface area contributed by atoms with Gasteiger partial charge < -0.3 is 31.8 Å². The van der Waals surface area contributed by atoms with Crippen LogP contribution >= 0.6 is 34.9 Å². The van der Waals surface area contributed by atoms with E-state index in [2.05, 4.69) is 15.5 Å². The summed E-state index contributed by atoms with van der Waals surface area (Å²) in [7, 11) is 0. The fourth-order valence-electron chi connectivity index (χ4n) is 3.80. The lowest BCUT2D eigenvalue weighted by Crippen LogP contribution is -2.71. The number of rotatable bonds is 12. The molecule has 1 fully saturated rings. The highest BCUT2D eigenvalue weighted by molar-refractivity contribution is 8.01. The number of hydrogen-bond donors (Lipinski definition) is 5. The number of amides is 3. The average molecular weight is 637 g/mol. The number of carbonyl (C=O) groups is 5. The van der Waals surface area contributed by atoms with Crippen LogP contribution in [0.5, 0.6) is 0 Å². The van der Waals surface area contributed by atoms with E-state index in [9.17, 15) is 34.2 Å². The van der Waals surface area contributed by atoms with Gasteiger partial charge in [0.1, 0.15) is 22.8 Å². The van der Waals surface area contributed by atoms with Gasteiger partial charge in [0.2, 0.25) is 12.1 Å². The van der Waals surface area contributed by atoms with Crippen molar-refractivity contribution in [2.75, 3.05) is 17.2 Å². The van der Waals surface area contributed by atoms with Crippen molar-refractivity contribution in [2.45, 2.75) is 42.3 Å². The number of oxime groups is 1. The number of anilines is 1. The first-order valence-electron chi connectivity index (χ1n) is 12.1. The molecule has 7 N–H and O–H groups in total. The lowest BCUT2D eigenvalue weighted by Gasteiger charge is -2.49. The zero-order chi connectivity index (χ0) is 30.8. The number of thiazole rings is 1. The first-order valence-corrected chi connectivity index (χ1v) is 15.0. The van der Waals surface area contributed by atoms with Gasteiger partial charge in [-0.1, -0.05) is 5.16 Å². The number of nitrogen functional groups attached to an aromatic ring is 1. The molecule has 2 aliphatic heterocycles. The van der Waals surface area contributed by atoms with Crippen molar-refractivity contribution >= 4 is 75.4 Å². The summed E-state index contributed by atoms with van der Waals surface area (Å²) >= 11 is 3.68. The van der Waals surface area contributed by atoms with E-state index in [-0.39, 0.29) is 23.1 Å². The molecule has 2 atom stereocenters. The number of carbonyl (C=O) groups excluding carboxylic acids is 3. The number of thioether (sulfide) groups is 2. The van der Waals surface area contributed by atoms with Crippen LogP contribution in [0, 0.1) is 0 Å². The third-order valence-electron chi connectivity index (χ3n) is 6.01. The first-order chi connectivity index (χ1) is 19.8. The van der Waals surface area contributed by atoms with E-state index < -0.39 is 52.4 Å². The third-order valence-corrected chi connectivity index (χ3v) is 9.12. The number of fused-ring (bicyclic) bond motifs is 1. The van der Waals surface area contributed by atoms with Crippen LogP contribution in [0.4, 0.5) is 5.13 Å². The molecule has 0 unspecified atom stereocenters. The van der Waals surface area contributed by atoms with Crippen molar-refractivity contribution in [3.63, 3.8) is 0 Å². The Bertz CT molecular complexity index is 1510. The molecular weight excluding hydrogens is 611 g/mol. The Balaban J connectivity index is 1.48. The summed E-state index contributed by atoms with van der Waals surface area (Å²) in [5, 5.41) is 26.4. The number of β-lactam (4-membered cyclic amide) rings is 1. The maximum Gasteiger partial charge on any atom is 0.352 e. The Hall–Kier alpha value is -4.16. The van der Waals surface area contributed by atoms with Crippen LogP contribution in [0.2, 0.25) is 0 Å². The Labute approximate surface area is 251 Å². The number of hydrogen-bond acceptors (Lipinski definition) is 12. The highest BCUT2D eigenvalue weighted by Crippen LogP contribution is 2.41. The summed E-state index contributed by atoms with van der Waals surface area (Å²) in [5.74, 6) is -3.99. The quantitative estimate of drug-likeness (QED) is 0.0659. The van der Waals surface area contributed by atoms with E-state index >= 15 is 0 Å². The minimum Gasteiger partial charge on any atom is -0.478 e. The second kappa shape index (κ2) is 12.4. The number of aromatic nitrogens is 2. The monoisotopic (exact) mass is 636 g/mol. The Morgan fingerprint density at radius 2 is 1.98 bits per heavy atom. The fraction of sp³-hybridized carbons (Fsp3) is 0.333. The molecule has 0 radical (unpaired) electrons. The van der Waals surface area contributed by atoms with Gasteiger partial charge in [0.25, 0.3) is 17.7 Å². The van der Waals surface area contributed by atoms with Crippen molar-refractivity contribution in [1.29, 1.82) is 0 Å². The molecular formula is C24H26N7O8S3+. The number of primary amides is 1. The van der Waals surface area contributed by atoms with E-state index in [1.807, 2.05) is 0 Å². The van der Waals surface area contributed by atoms with Gasteiger partial charge in [0.15, 0.2) is 23.2 Å². The Morgan fingerprint density at radius 3 is 2.55 bits per heavy atom. The summed E-state index contributed by atoms with van der Waals surface area (Å²) in [5.41, 5.74) is 9.12. The SMILES string of the molecule is CC(C)(ON=C(C(=O)N[C@@H]1C(=O)N2C(C(=O)O)=C(CSc3cc[n+](CC(N)=O)cc3)CS[C@H]12)c1csc(N)n1)C(=O)O. The molecule has 42 heavy (non-hydrogen) atoms. The molecule has 0 bridgehead atoms. The third kappa shape index (κ3) is 6.66. The van der Waals surface area contributed by atoms with E-state index in [1.165, 1.54) is 42.8 Å². The molecule has 0 spiro atoms. The second-order valence-corrected chi connectivity index (χ2v) is 12.5. The van der Waals surface area contributed by atoms with Gasteiger partial charge in [-0.05, 0) is 19.4 Å². The highest BCUT2D eigenvalue weighted by Gasteiger charge is 2.54. The van der Waals surface area contributed by atoms with Crippen molar-refractivity contribution in [1.82, 2.24) is 15.2 Å². The summed E-state index contributed by atoms with van der Waals surface area (Å²) in [4.78, 5) is 72.1. The number of nitrogens with one attached hydrogen (secondary N) is 1. The van der Waals surface area contributed by atoms with Crippen molar-refractivity contribution < 1.29 is 43.6 Å². The summed E-state index contributed by atoms with van der Waals surface area (Å²) < 4.78 is 1.61. The molecule has 0 aromatic carbocycles. The predicted molar refractivity (Wildman–Crippen MR) is 152 cm³/mol. The molecule has 0 saturated carbocycles. The maximum absolute atomic E-state index is 13.2. The van der Waals surface area contributed by atoms with E-state index in [0.29, 0.717) is 17.1 Å². The molecule has 3 amide bonds. The Morgan fingerprint density at radius 1 is 1.29 bits per heavy atom. The number of aliphatic carboxylic acids is 2. The highest BCUT2D eigenvalue weighted by atomic mass is 32.2. The largest absolute Gasteiger partial charge is 0.478 e. The fourth-order valence-corrected chi connectivity index (χ4v) is 6.72. The second-order valence-electron chi connectivity index (χ2n) is 9.50. The van der Waals surface area contributed by atoms with Crippen LogP contribution in [0.15, 0.2) is 51.2 Å². The first kappa shape index (κ1) is 30.8. The number of nitrogens with zero attached hydrogens (tertiary/aromatic N) is 4. The van der Waals surface area contributed by atoms with Gasteiger partial charge >= 0.3 is 11.9 Å². The van der Waals surface area contributed by atoms with Crippen molar-refractivity contribution in [2.24, 2.45) is 10.9 Å². The zero-order valence-corrected chi connectivity index (χ0v) is 24.6. The molecule has 4 heterocycles. The predicted octanol–water partition coefficient (Wildman–Crippen LogP) is -0.387. The zero-order valence-electron chi connectivity index (χ0n) is 22.2. The van der Waals surface area contributed by atoms with Gasteiger partial charge in [-0.25, -0.2) is 14.6 Å². The van der Waals surface area contributed by atoms with Crippen LogP contribution in [0.1, 0.15) is 19.5 Å². The molecule has 222 valence electrons. The van der Waals surface area contributed by atoms with Crippen LogP contribution < -0.4 is 21.4 Å². The summed E-state index contributed by atoms with van der Waals surface area (Å²) in [6, 6.07) is 2.46. The van der Waals surface area contributed by atoms with E-state index in [4.69, 9.17) is 16.3 Å². The molecule has 0 aliphatic carbocycles. The molecule has 2 aromatic heterocycles. The molecule has 1 saturated heterocycles. The standard InChI is InChI=1S/C24H25N7O8S3/c1-24(2,22(37)38)39-29-15(13-10-42-23(26)27-13)18(33)28-16-19(34)31-17(21(35)36)11(9-41-20(16)31)8-40-12-3-5-30(6-4-12)7-14(25)32/h3-6,10,16,20H,7-9H2,1-2H3,(H6-,25,26,27,28,32,33,35,36,37,38)/p+1/t16-,20-/m1/s1. The van der Waals surface area contributed by atoms with Crippen LogP contribution in [-0.2, 0) is 35.4 Å². The van der Waals surface area contributed by atoms with Gasteiger partial charge in [-0.2, -0.15) is 4.57 Å². The van der Waals surface area contributed by atoms with Crippen LogP contribution in [-0.4, -0.2) is 84.0 Å². The number of carboxylic acids is 2. The lowest BCUT2D eigenvalue weighted by molar-refractivity contribution is -0.684. The summed E-state index contributed by atoms with van der Waals surface area (Å²) in [6.07, 6.45) is 3.37. The van der Waals surface area contributed by atoms with Gasteiger partial charge in [-0.15, -0.1) is 34.9 Å². The van der Waals surface area contributed by atoms with Crippen molar-refractivity contribution in [3.8, 4) is 0 Å². The number of nitrogens with two attached hydrogens (primary N) is 2. The minimum atomic E-state index is -1.77. The van der Waals surface area contributed by atoms with Crippen LogP contribution in [0.3, 0.4) is 0 Å². The van der Waals surface area contributed by atoms with E-state index in [0.717, 1.165) is 21.1 Å². The van der Waals surface area contributed by atoms with Gasteiger partial charge in [0.05, 0.1) is 0 Å². The number of pyridine rings is 1. The van der Waals surface area contributed by atoms with Gasteiger partial charge in [-0.3, -0.25) is 19.3 Å². The molecule has 2 aromatic rings. The lowest BCUT2D eigenvalue weighted by atomic mass is 10.0. The number of carboxylic acid groups (broad SMARTS) is 2. The Kier molecular flexibility index (Phi) is 9.07. The average Bonchev–Trinajstić information content (AvgIpc) is 3.35. The van der Waals surface area contributed by atoms with Gasteiger partial charge in [0, 0.05) is 33.9 Å².